The van der Waals surface area contributed by atoms with Crippen molar-refractivity contribution in [2.45, 2.75) is 63.4 Å². The van der Waals surface area contributed by atoms with Gasteiger partial charge in [0.1, 0.15) is 6.10 Å². The summed E-state index contributed by atoms with van der Waals surface area (Å²) in [6, 6.07) is 10.4. The number of aromatic nitrogens is 1. The zero-order chi connectivity index (χ0) is 25.5. The molecule has 1 aliphatic carbocycles. The minimum Gasteiger partial charge on any atom is -0.503 e. The Morgan fingerprint density at radius 1 is 1.17 bits per heavy atom. The van der Waals surface area contributed by atoms with Crippen molar-refractivity contribution in [1.82, 2.24) is 10.3 Å². The quantitative estimate of drug-likeness (QED) is 0.560. The second-order valence-electron chi connectivity index (χ2n) is 9.37. The number of nitrogens with one attached hydrogen (secondary N) is 1. The lowest BCUT2D eigenvalue weighted by molar-refractivity contribution is -0.164. The lowest BCUT2D eigenvalue weighted by Crippen LogP contribution is -2.47. The Labute approximate surface area is 211 Å². The number of aromatic hydroxyl groups is 1. The molecule has 2 aromatic rings. The fourth-order valence-electron chi connectivity index (χ4n) is 4.87. The van der Waals surface area contributed by atoms with E-state index in [1.165, 1.54) is 19.4 Å². The molecule has 0 spiro atoms. The van der Waals surface area contributed by atoms with Crippen molar-refractivity contribution >= 4 is 11.9 Å². The summed E-state index contributed by atoms with van der Waals surface area (Å²) in [6.45, 7) is 2.08. The van der Waals surface area contributed by atoms with Gasteiger partial charge in [-0.1, -0.05) is 43.2 Å². The molecule has 4 unspecified atom stereocenters. The number of carbonyl (C=O) groups is 2. The molecular formula is C27H34N2O7. The first kappa shape index (κ1) is 25.9. The van der Waals surface area contributed by atoms with E-state index in [-0.39, 0.29) is 36.2 Å². The molecule has 2 fully saturated rings. The number of pyridine rings is 1. The molecule has 36 heavy (non-hydrogen) atoms. The molecule has 1 saturated heterocycles. The molecule has 1 aliphatic heterocycles. The fraction of sp³-hybridized carbons (Fsp3) is 0.519. The molecule has 0 bridgehead atoms. The number of cyclic esters (lactones) is 1. The molecule has 2 aliphatic rings. The summed E-state index contributed by atoms with van der Waals surface area (Å²) in [6.07, 6.45) is 5.53. The van der Waals surface area contributed by atoms with Gasteiger partial charge in [-0.25, -0.2) is 9.78 Å². The number of nitrogens with zero attached hydrogens (tertiary/aromatic N) is 1. The SMILES string of the molecule is COc1ccnc(C(=O)NC2COCC(Cc3ccccc3)C(OC3CCCC3)C(C)OC2=O)c1O. The van der Waals surface area contributed by atoms with Crippen LogP contribution in [-0.4, -0.2) is 66.6 Å². The molecule has 1 aromatic carbocycles. The third-order valence-corrected chi connectivity index (χ3v) is 6.75. The largest absolute Gasteiger partial charge is 0.503 e. The Morgan fingerprint density at radius 3 is 2.64 bits per heavy atom. The maximum Gasteiger partial charge on any atom is 0.331 e. The van der Waals surface area contributed by atoms with E-state index in [2.05, 4.69) is 22.4 Å². The van der Waals surface area contributed by atoms with Crippen molar-refractivity contribution in [3.05, 3.63) is 53.9 Å². The highest BCUT2D eigenvalue weighted by molar-refractivity contribution is 5.98. The molecule has 9 nitrogen and oxygen atoms in total. The Kier molecular flexibility index (Phi) is 8.77. The highest BCUT2D eigenvalue weighted by atomic mass is 16.6. The molecule has 4 rings (SSSR count). The van der Waals surface area contributed by atoms with Crippen LogP contribution in [0.4, 0.5) is 0 Å². The molecule has 4 atom stereocenters. The van der Waals surface area contributed by atoms with E-state index < -0.39 is 29.8 Å². The Hall–Kier alpha value is -3.17. The van der Waals surface area contributed by atoms with E-state index >= 15 is 0 Å². The van der Waals surface area contributed by atoms with Crippen LogP contribution in [0.3, 0.4) is 0 Å². The van der Waals surface area contributed by atoms with Crippen LogP contribution in [0.1, 0.15) is 48.7 Å². The van der Waals surface area contributed by atoms with Gasteiger partial charge in [-0.2, -0.15) is 0 Å². The number of hydrogen-bond acceptors (Lipinski definition) is 8. The van der Waals surface area contributed by atoms with Crippen LogP contribution in [0.2, 0.25) is 0 Å². The minimum atomic E-state index is -1.07. The number of ether oxygens (including phenoxy) is 4. The first-order valence-electron chi connectivity index (χ1n) is 12.5. The van der Waals surface area contributed by atoms with Gasteiger partial charge in [-0.15, -0.1) is 0 Å². The van der Waals surface area contributed by atoms with Crippen LogP contribution < -0.4 is 10.1 Å². The highest BCUT2D eigenvalue weighted by Gasteiger charge is 2.37. The second-order valence-corrected chi connectivity index (χ2v) is 9.37. The summed E-state index contributed by atoms with van der Waals surface area (Å²) in [7, 11) is 1.37. The summed E-state index contributed by atoms with van der Waals surface area (Å²) in [5.41, 5.74) is 0.896. The van der Waals surface area contributed by atoms with Gasteiger partial charge in [0.05, 0.1) is 32.5 Å². The normalized spacial score (nSPS) is 25.3. The van der Waals surface area contributed by atoms with Crippen LogP contribution in [0.25, 0.3) is 0 Å². The average molecular weight is 499 g/mol. The molecule has 0 radical (unpaired) electrons. The number of carbonyl (C=O) groups excluding carboxylic acids is 2. The van der Waals surface area contributed by atoms with Crippen LogP contribution in [0.15, 0.2) is 42.6 Å². The van der Waals surface area contributed by atoms with Crippen LogP contribution in [0.5, 0.6) is 11.5 Å². The van der Waals surface area contributed by atoms with E-state index in [0.29, 0.717) is 13.0 Å². The molecule has 2 heterocycles. The predicted octanol–water partition coefficient (Wildman–Crippen LogP) is 3.04. The maximum absolute atomic E-state index is 13.1. The summed E-state index contributed by atoms with van der Waals surface area (Å²) in [5, 5.41) is 12.9. The number of benzene rings is 1. The minimum absolute atomic E-state index is 0.0469. The zero-order valence-electron chi connectivity index (χ0n) is 20.7. The smallest absolute Gasteiger partial charge is 0.331 e. The second kappa shape index (κ2) is 12.2. The lowest BCUT2D eigenvalue weighted by Gasteiger charge is -2.33. The van der Waals surface area contributed by atoms with Gasteiger partial charge in [0.2, 0.25) is 0 Å². The summed E-state index contributed by atoms with van der Waals surface area (Å²) in [5.74, 6) is -1.71. The van der Waals surface area contributed by atoms with Gasteiger partial charge in [-0.05, 0) is 31.7 Å². The van der Waals surface area contributed by atoms with Gasteiger partial charge < -0.3 is 29.4 Å². The standard InChI is InChI=1S/C27H34N2O7/c1-17-25(36-20-10-6-7-11-20)19(14-18-8-4-3-5-9-18)15-34-16-21(27(32)35-17)29-26(31)23-24(30)22(33-2)12-13-28-23/h3-5,8-9,12-13,17,19-21,25,30H,6-7,10-11,14-16H2,1-2H3,(H,29,31). The monoisotopic (exact) mass is 498 g/mol. The zero-order valence-corrected chi connectivity index (χ0v) is 20.7. The van der Waals surface area contributed by atoms with Crippen molar-refractivity contribution in [3.63, 3.8) is 0 Å². The number of esters is 1. The lowest BCUT2D eigenvalue weighted by atomic mass is 9.91. The van der Waals surface area contributed by atoms with Gasteiger partial charge in [-0.3, -0.25) is 4.79 Å². The Bertz CT molecular complexity index is 1030. The predicted molar refractivity (Wildman–Crippen MR) is 131 cm³/mol. The number of amides is 1. The number of methoxy groups -OCH3 is 1. The molecule has 1 amide bonds. The van der Waals surface area contributed by atoms with Gasteiger partial charge >= 0.3 is 5.97 Å². The van der Waals surface area contributed by atoms with E-state index in [0.717, 1.165) is 31.2 Å². The molecular weight excluding hydrogens is 464 g/mol. The summed E-state index contributed by atoms with van der Waals surface area (Å²) in [4.78, 5) is 29.8. The molecule has 194 valence electrons. The number of rotatable bonds is 7. The summed E-state index contributed by atoms with van der Waals surface area (Å²) >= 11 is 0. The van der Waals surface area contributed by atoms with Crippen LogP contribution in [0, 0.1) is 5.92 Å². The van der Waals surface area contributed by atoms with Crippen molar-refractivity contribution in [2.75, 3.05) is 20.3 Å². The fourth-order valence-corrected chi connectivity index (χ4v) is 4.87. The van der Waals surface area contributed by atoms with Crippen molar-refractivity contribution in [1.29, 1.82) is 0 Å². The van der Waals surface area contributed by atoms with E-state index in [1.807, 2.05) is 25.1 Å². The van der Waals surface area contributed by atoms with Crippen molar-refractivity contribution in [3.8, 4) is 11.5 Å². The first-order chi connectivity index (χ1) is 17.5. The van der Waals surface area contributed by atoms with E-state index in [9.17, 15) is 14.7 Å². The number of hydrogen-bond donors (Lipinski definition) is 2. The maximum atomic E-state index is 13.1. The Morgan fingerprint density at radius 2 is 1.92 bits per heavy atom. The average Bonchev–Trinajstić information content (AvgIpc) is 3.40. The van der Waals surface area contributed by atoms with E-state index in [1.54, 1.807) is 0 Å². The van der Waals surface area contributed by atoms with Gasteiger partial charge in [0, 0.05) is 18.2 Å². The molecule has 1 aromatic heterocycles. The van der Waals surface area contributed by atoms with Crippen molar-refractivity contribution in [2.24, 2.45) is 5.92 Å². The molecule has 9 heteroatoms. The van der Waals surface area contributed by atoms with E-state index in [4.69, 9.17) is 18.9 Å². The molecule has 1 saturated carbocycles. The Balaban J connectivity index is 1.51. The topological polar surface area (TPSA) is 116 Å². The van der Waals surface area contributed by atoms with Crippen molar-refractivity contribution < 1.29 is 33.6 Å². The third-order valence-electron chi connectivity index (χ3n) is 6.75. The van der Waals surface area contributed by atoms with Crippen LogP contribution in [-0.2, 0) is 25.4 Å². The third kappa shape index (κ3) is 6.33. The van der Waals surface area contributed by atoms with Gasteiger partial charge in [0.25, 0.3) is 5.91 Å². The highest BCUT2D eigenvalue weighted by Crippen LogP contribution is 2.30. The first-order valence-corrected chi connectivity index (χ1v) is 12.5. The summed E-state index contributed by atoms with van der Waals surface area (Å²) < 4.78 is 23.3. The van der Waals surface area contributed by atoms with Crippen LogP contribution >= 0.6 is 0 Å². The van der Waals surface area contributed by atoms with Gasteiger partial charge in [0.15, 0.2) is 23.2 Å². The molecule has 2 N–H and O–H groups in total.